The Morgan fingerprint density at radius 2 is 1.62 bits per heavy atom. The van der Waals surface area contributed by atoms with Crippen LogP contribution in [0.1, 0.15) is 13.8 Å². The molecule has 0 amide bonds. The standard InChI is InChI=1S/C10H11IO4S/c1-7(12)14-11(15-8(2)13)9-5-3-4-6-10(9)16/h3-6,16H,1-2H3. The van der Waals surface area contributed by atoms with Crippen LogP contribution in [0.15, 0.2) is 29.2 Å². The van der Waals surface area contributed by atoms with Crippen molar-refractivity contribution in [2.24, 2.45) is 0 Å². The number of carbonyl (C=O) groups excluding carboxylic acids is 2. The van der Waals surface area contributed by atoms with Crippen molar-refractivity contribution >= 4 is 45.2 Å². The zero-order chi connectivity index (χ0) is 12.1. The first-order valence-corrected chi connectivity index (χ1v) is 7.65. The Kier molecular flexibility index (Phi) is 5.07. The minimum atomic E-state index is -2.71. The third kappa shape index (κ3) is 4.01. The van der Waals surface area contributed by atoms with Gasteiger partial charge < -0.3 is 0 Å². The van der Waals surface area contributed by atoms with Gasteiger partial charge in [-0.2, -0.15) is 0 Å². The molecule has 16 heavy (non-hydrogen) atoms. The monoisotopic (exact) mass is 354 g/mol. The Balaban J connectivity index is 2.96. The van der Waals surface area contributed by atoms with Gasteiger partial charge in [0.2, 0.25) is 0 Å². The molecule has 0 spiro atoms. The van der Waals surface area contributed by atoms with Crippen LogP contribution in [0.5, 0.6) is 0 Å². The summed E-state index contributed by atoms with van der Waals surface area (Å²) in [6.45, 7) is 2.57. The van der Waals surface area contributed by atoms with Crippen LogP contribution < -0.4 is 0 Å². The summed E-state index contributed by atoms with van der Waals surface area (Å²) in [5.74, 6) is -0.911. The van der Waals surface area contributed by atoms with Gasteiger partial charge >= 0.3 is 108 Å². The predicted octanol–water partition coefficient (Wildman–Crippen LogP) is 2.61. The molecule has 0 saturated heterocycles. The first-order chi connectivity index (χ1) is 7.50. The molecular formula is C10H11IO4S. The van der Waals surface area contributed by atoms with E-state index >= 15 is 0 Å². The van der Waals surface area contributed by atoms with Crippen LogP contribution >= 0.6 is 33.3 Å². The molecule has 1 rings (SSSR count). The molecule has 0 aliphatic rings. The molecule has 0 heterocycles. The summed E-state index contributed by atoms with van der Waals surface area (Å²) in [6, 6.07) is 7.10. The quantitative estimate of drug-likeness (QED) is 0.670. The van der Waals surface area contributed by atoms with E-state index in [1.165, 1.54) is 13.8 Å². The molecule has 1 aromatic rings. The second-order valence-corrected chi connectivity index (χ2v) is 6.57. The van der Waals surface area contributed by atoms with E-state index in [1.807, 2.05) is 6.07 Å². The Bertz CT molecular complexity index is 392. The van der Waals surface area contributed by atoms with E-state index in [4.69, 9.17) is 6.13 Å². The van der Waals surface area contributed by atoms with Gasteiger partial charge in [-0.15, -0.1) is 0 Å². The van der Waals surface area contributed by atoms with Crippen molar-refractivity contribution in [3.8, 4) is 0 Å². The van der Waals surface area contributed by atoms with Crippen molar-refractivity contribution in [1.29, 1.82) is 0 Å². The van der Waals surface area contributed by atoms with Gasteiger partial charge in [0, 0.05) is 0 Å². The van der Waals surface area contributed by atoms with E-state index < -0.39 is 32.6 Å². The number of thiol groups is 1. The molecule has 1 aromatic carbocycles. The van der Waals surface area contributed by atoms with Gasteiger partial charge in [0.25, 0.3) is 0 Å². The van der Waals surface area contributed by atoms with Gasteiger partial charge in [-0.1, -0.05) is 0 Å². The van der Waals surface area contributed by atoms with Crippen LogP contribution in [0.2, 0.25) is 0 Å². The van der Waals surface area contributed by atoms with E-state index in [0.29, 0.717) is 8.47 Å². The van der Waals surface area contributed by atoms with Crippen LogP contribution in [0.4, 0.5) is 0 Å². The van der Waals surface area contributed by atoms with Gasteiger partial charge in [0.15, 0.2) is 0 Å². The van der Waals surface area contributed by atoms with Crippen LogP contribution in [0, 0.1) is 3.57 Å². The third-order valence-electron chi connectivity index (χ3n) is 1.38. The van der Waals surface area contributed by atoms with Crippen molar-refractivity contribution in [2.75, 3.05) is 0 Å². The zero-order valence-corrected chi connectivity index (χ0v) is 11.8. The molecule has 88 valence electrons. The Morgan fingerprint density at radius 1 is 1.12 bits per heavy atom. The SMILES string of the molecule is CC(=O)OI(OC(C)=O)c1ccccc1S. The summed E-state index contributed by atoms with van der Waals surface area (Å²) in [7, 11) is 0. The van der Waals surface area contributed by atoms with Crippen molar-refractivity contribution in [3.63, 3.8) is 0 Å². The van der Waals surface area contributed by atoms with Crippen LogP contribution in [0.25, 0.3) is 0 Å². The Labute approximate surface area is 107 Å². The molecule has 0 bridgehead atoms. The summed E-state index contributed by atoms with van der Waals surface area (Å²) in [5.41, 5.74) is 0. The molecule has 4 nitrogen and oxygen atoms in total. The summed E-state index contributed by atoms with van der Waals surface area (Å²) in [5, 5.41) is 0. The third-order valence-corrected chi connectivity index (χ3v) is 6.12. The number of hydrogen-bond donors (Lipinski definition) is 1. The van der Waals surface area contributed by atoms with E-state index in [0.717, 1.165) is 0 Å². The maximum absolute atomic E-state index is 10.9. The summed E-state index contributed by atoms with van der Waals surface area (Å²) in [6.07, 6.45) is 0. The Hall–Kier alpha value is -0.760. The van der Waals surface area contributed by atoms with E-state index in [1.54, 1.807) is 18.2 Å². The number of hydrogen-bond acceptors (Lipinski definition) is 5. The maximum atomic E-state index is 10.9. The molecule has 0 unspecified atom stereocenters. The van der Waals surface area contributed by atoms with Crippen LogP contribution in [-0.2, 0) is 15.7 Å². The van der Waals surface area contributed by atoms with Gasteiger partial charge in [-0.3, -0.25) is 0 Å². The second kappa shape index (κ2) is 6.09. The fraction of sp³-hybridized carbons (Fsp3) is 0.200. The molecule has 0 saturated carbocycles. The minimum absolute atomic E-state index is 0.456. The molecule has 0 aromatic heterocycles. The number of carbonyl (C=O) groups is 2. The first kappa shape index (κ1) is 13.3. The molecule has 6 heteroatoms. The summed E-state index contributed by atoms with van der Waals surface area (Å²) < 4.78 is 10.8. The van der Waals surface area contributed by atoms with Crippen molar-refractivity contribution in [3.05, 3.63) is 27.8 Å². The average Bonchev–Trinajstić information content (AvgIpc) is 2.15. The van der Waals surface area contributed by atoms with Gasteiger partial charge in [0.05, 0.1) is 0 Å². The fourth-order valence-electron chi connectivity index (χ4n) is 0.878. The zero-order valence-electron chi connectivity index (χ0n) is 8.77. The first-order valence-electron chi connectivity index (χ1n) is 4.37. The molecule has 0 atom stereocenters. The van der Waals surface area contributed by atoms with E-state index in [9.17, 15) is 9.59 Å². The molecule has 0 aliphatic heterocycles. The topological polar surface area (TPSA) is 52.6 Å². The molecule has 0 aliphatic carbocycles. The summed E-state index contributed by atoms with van der Waals surface area (Å²) in [4.78, 5) is 22.5. The van der Waals surface area contributed by atoms with Crippen LogP contribution in [-0.4, -0.2) is 11.9 Å². The van der Waals surface area contributed by atoms with Gasteiger partial charge in [-0.25, -0.2) is 0 Å². The molecular weight excluding hydrogens is 343 g/mol. The summed E-state index contributed by atoms with van der Waals surface area (Å²) >= 11 is 1.53. The van der Waals surface area contributed by atoms with Gasteiger partial charge in [0.1, 0.15) is 0 Å². The van der Waals surface area contributed by atoms with Crippen molar-refractivity contribution in [1.82, 2.24) is 0 Å². The number of halogens is 1. The number of rotatable bonds is 3. The van der Waals surface area contributed by atoms with Crippen molar-refractivity contribution < 1.29 is 15.7 Å². The molecule has 0 N–H and O–H groups in total. The van der Waals surface area contributed by atoms with Gasteiger partial charge in [-0.05, 0) is 0 Å². The normalized spacial score (nSPS) is 10.6. The van der Waals surface area contributed by atoms with E-state index in [-0.39, 0.29) is 0 Å². The second-order valence-electron chi connectivity index (χ2n) is 2.81. The van der Waals surface area contributed by atoms with Crippen molar-refractivity contribution in [2.45, 2.75) is 18.7 Å². The Morgan fingerprint density at radius 3 is 2.06 bits per heavy atom. The fourth-order valence-corrected chi connectivity index (χ4v) is 4.33. The molecule has 0 fully saturated rings. The predicted molar refractivity (Wildman–Crippen MR) is 69.9 cm³/mol. The van der Waals surface area contributed by atoms with Crippen LogP contribution in [0.3, 0.4) is 0 Å². The van der Waals surface area contributed by atoms with E-state index in [2.05, 4.69) is 12.6 Å². The number of benzene rings is 1. The average molecular weight is 354 g/mol. The molecule has 0 radical (unpaired) electrons.